The lowest BCUT2D eigenvalue weighted by atomic mass is 10.1. The molecule has 2 aromatic rings. The van der Waals surface area contributed by atoms with Crippen LogP contribution < -0.4 is 0 Å². The Morgan fingerprint density at radius 2 is 1.48 bits per heavy atom. The third-order valence-corrected chi connectivity index (χ3v) is 5.44. The van der Waals surface area contributed by atoms with E-state index in [1.165, 1.54) is 12.8 Å². The van der Waals surface area contributed by atoms with Crippen LogP contribution in [0.3, 0.4) is 0 Å². The van der Waals surface area contributed by atoms with Gasteiger partial charge in [0, 0.05) is 15.6 Å². The van der Waals surface area contributed by atoms with Gasteiger partial charge in [0.05, 0.1) is 20.1 Å². The lowest BCUT2D eigenvalue weighted by Gasteiger charge is -2.01. The highest BCUT2D eigenvalue weighted by Gasteiger charge is 2.24. The van der Waals surface area contributed by atoms with E-state index in [9.17, 15) is 4.79 Å². The molecule has 2 aromatic carbocycles. The van der Waals surface area contributed by atoms with Gasteiger partial charge in [0.1, 0.15) is 0 Å². The maximum Gasteiger partial charge on any atom is 0.163 e. The van der Waals surface area contributed by atoms with Crippen LogP contribution in [0.1, 0.15) is 29.6 Å². The van der Waals surface area contributed by atoms with Crippen molar-refractivity contribution >= 4 is 74.8 Å². The molecule has 0 N–H and O–H groups in total. The van der Waals surface area contributed by atoms with E-state index in [1.54, 1.807) is 24.3 Å². The van der Waals surface area contributed by atoms with Crippen molar-refractivity contribution < 1.29 is 4.79 Å². The molecule has 0 aliphatic heterocycles. The van der Waals surface area contributed by atoms with E-state index >= 15 is 0 Å². The molecule has 0 bridgehead atoms. The van der Waals surface area contributed by atoms with Crippen molar-refractivity contribution in [3.63, 3.8) is 0 Å². The fraction of sp³-hybridized carbons (Fsp3) is 0.235. The number of benzene rings is 2. The Morgan fingerprint density at radius 3 is 1.96 bits per heavy atom. The van der Waals surface area contributed by atoms with Crippen molar-refractivity contribution in [1.29, 1.82) is 0 Å². The van der Waals surface area contributed by atoms with Gasteiger partial charge in [-0.05, 0) is 77.7 Å². The molecule has 122 valence electrons. The predicted octanol–water partition coefficient (Wildman–Crippen LogP) is 7.57. The van der Waals surface area contributed by atoms with E-state index in [1.807, 2.05) is 12.1 Å². The van der Waals surface area contributed by atoms with Gasteiger partial charge in [-0.25, -0.2) is 0 Å². The zero-order valence-electron chi connectivity index (χ0n) is 12.0. The van der Waals surface area contributed by atoms with E-state index in [0.717, 1.165) is 3.57 Å². The van der Waals surface area contributed by atoms with Gasteiger partial charge in [-0.2, -0.15) is 0 Å². The molecular formula is C17H13Cl4IO. The number of hydrogen-bond acceptors (Lipinski definition) is 1. The van der Waals surface area contributed by atoms with Crippen molar-refractivity contribution in [3.05, 3.63) is 65.6 Å². The molecular weight excluding hydrogens is 489 g/mol. The summed E-state index contributed by atoms with van der Waals surface area (Å²) in [7, 11) is 0. The van der Waals surface area contributed by atoms with E-state index in [0.29, 0.717) is 38.0 Å². The second-order valence-electron chi connectivity index (χ2n) is 5.26. The van der Waals surface area contributed by atoms with Gasteiger partial charge >= 0.3 is 0 Å². The van der Waals surface area contributed by atoms with E-state index in [2.05, 4.69) is 22.6 Å². The Bertz CT molecular complexity index is 714. The molecule has 1 aliphatic rings. The number of carbonyl (C=O) groups is 1. The number of Topliss-reactive ketones (excluding diaryl/α,β-unsaturated/α-hetero) is 1. The minimum absolute atomic E-state index is 0.172. The Labute approximate surface area is 169 Å². The highest BCUT2D eigenvalue weighted by Crippen LogP contribution is 2.34. The molecule has 3 rings (SSSR count). The summed E-state index contributed by atoms with van der Waals surface area (Å²) in [4.78, 5) is 11.7. The largest absolute Gasteiger partial charge is 0.294 e. The van der Waals surface area contributed by atoms with Crippen LogP contribution in [-0.2, 0) is 0 Å². The number of rotatable bonds is 3. The standard InChI is InChI=1S/C11H10Cl2O.C6H3Cl2I/c12-9-4-3-8(6-10(9)13)11(14)5-7-1-2-7;7-5-2-1-4(9)3-6(5)8/h3-4,6-7H,1-2,5H2;1-3H. The topological polar surface area (TPSA) is 17.1 Å². The average Bonchev–Trinajstić information content (AvgIpc) is 3.31. The number of hydrogen-bond donors (Lipinski definition) is 0. The van der Waals surface area contributed by atoms with Crippen LogP contribution in [0.5, 0.6) is 0 Å². The van der Waals surface area contributed by atoms with Crippen LogP contribution >= 0.6 is 69.0 Å². The third-order valence-electron chi connectivity index (χ3n) is 3.29. The molecule has 6 heteroatoms. The van der Waals surface area contributed by atoms with Crippen LogP contribution in [0, 0.1) is 9.49 Å². The monoisotopic (exact) mass is 500 g/mol. The number of ketones is 1. The molecule has 1 saturated carbocycles. The maximum absolute atomic E-state index is 11.7. The van der Waals surface area contributed by atoms with Gasteiger partial charge in [0.15, 0.2) is 5.78 Å². The first-order valence-electron chi connectivity index (χ1n) is 6.95. The first-order valence-corrected chi connectivity index (χ1v) is 9.54. The summed E-state index contributed by atoms with van der Waals surface area (Å²) in [5, 5.41) is 2.17. The summed E-state index contributed by atoms with van der Waals surface area (Å²) in [5.41, 5.74) is 0.673. The van der Waals surface area contributed by atoms with E-state index < -0.39 is 0 Å². The lowest BCUT2D eigenvalue weighted by molar-refractivity contribution is 0.0976. The Morgan fingerprint density at radius 1 is 0.913 bits per heavy atom. The molecule has 0 heterocycles. The van der Waals surface area contributed by atoms with Crippen molar-refractivity contribution in [2.45, 2.75) is 19.3 Å². The van der Waals surface area contributed by atoms with Crippen LogP contribution in [0.15, 0.2) is 36.4 Å². The number of carbonyl (C=O) groups excluding carboxylic acids is 1. The molecule has 0 saturated heterocycles. The fourth-order valence-electron chi connectivity index (χ4n) is 1.84. The molecule has 23 heavy (non-hydrogen) atoms. The smallest absolute Gasteiger partial charge is 0.163 e. The van der Waals surface area contributed by atoms with Crippen LogP contribution in [0.2, 0.25) is 20.1 Å². The Kier molecular flexibility index (Phi) is 7.49. The van der Waals surface area contributed by atoms with Crippen LogP contribution in [0.25, 0.3) is 0 Å². The summed E-state index contributed by atoms with van der Waals surface area (Å²) in [6, 6.07) is 10.6. The van der Waals surface area contributed by atoms with Crippen LogP contribution in [0.4, 0.5) is 0 Å². The fourth-order valence-corrected chi connectivity index (χ4v) is 3.11. The molecule has 0 radical (unpaired) electrons. The third kappa shape index (κ3) is 6.43. The minimum atomic E-state index is 0.172. The first kappa shape index (κ1) is 19.3. The second-order valence-corrected chi connectivity index (χ2v) is 8.13. The highest BCUT2D eigenvalue weighted by atomic mass is 127. The molecule has 1 fully saturated rings. The second kappa shape index (κ2) is 8.91. The molecule has 0 atom stereocenters. The first-order chi connectivity index (χ1) is 10.9. The van der Waals surface area contributed by atoms with E-state index in [-0.39, 0.29) is 5.78 Å². The van der Waals surface area contributed by atoms with Gasteiger partial charge < -0.3 is 0 Å². The van der Waals surface area contributed by atoms with Gasteiger partial charge in [0.2, 0.25) is 0 Å². The molecule has 0 unspecified atom stereocenters. The zero-order chi connectivity index (χ0) is 17.0. The maximum atomic E-state index is 11.7. The van der Waals surface area contributed by atoms with Crippen LogP contribution in [-0.4, -0.2) is 5.78 Å². The summed E-state index contributed by atoms with van der Waals surface area (Å²) in [6.07, 6.45) is 3.03. The summed E-state index contributed by atoms with van der Waals surface area (Å²) >= 11 is 25.1. The van der Waals surface area contributed by atoms with Gasteiger partial charge in [-0.15, -0.1) is 0 Å². The molecule has 1 nitrogen and oxygen atoms in total. The van der Waals surface area contributed by atoms with Crippen molar-refractivity contribution in [1.82, 2.24) is 0 Å². The SMILES string of the molecule is Clc1ccc(I)cc1Cl.O=C(CC1CC1)c1ccc(Cl)c(Cl)c1. The highest BCUT2D eigenvalue weighted by molar-refractivity contribution is 14.1. The van der Waals surface area contributed by atoms with Gasteiger partial charge in [-0.1, -0.05) is 46.4 Å². The van der Waals surface area contributed by atoms with Gasteiger partial charge in [-0.3, -0.25) is 4.79 Å². The van der Waals surface area contributed by atoms with E-state index in [4.69, 9.17) is 46.4 Å². The Hall–Kier alpha value is -0.000000000000000167. The normalized spacial score (nSPS) is 13.3. The molecule has 0 spiro atoms. The molecule has 0 amide bonds. The predicted molar refractivity (Wildman–Crippen MR) is 107 cm³/mol. The lowest BCUT2D eigenvalue weighted by Crippen LogP contribution is -1.99. The Balaban J connectivity index is 0.000000185. The van der Waals surface area contributed by atoms with Crippen molar-refractivity contribution in [3.8, 4) is 0 Å². The summed E-state index contributed by atoms with van der Waals surface area (Å²) in [6.45, 7) is 0. The molecule has 1 aliphatic carbocycles. The summed E-state index contributed by atoms with van der Waals surface area (Å²) < 4.78 is 1.10. The number of halogens is 5. The summed E-state index contributed by atoms with van der Waals surface area (Å²) in [5.74, 6) is 0.781. The molecule has 0 aromatic heterocycles. The van der Waals surface area contributed by atoms with Gasteiger partial charge in [0.25, 0.3) is 0 Å². The quantitative estimate of drug-likeness (QED) is 0.241. The van der Waals surface area contributed by atoms with Crippen molar-refractivity contribution in [2.24, 2.45) is 5.92 Å². The van der Waals surface area contributed by atoms with Crippen molar-refractivity contribution in [2.75, 3.05) is 0 Å². The minimum Gasteiger partial charge on any atom is -0.294 e. The zero-order valence-corrected chi connectivity index (χ0v) is 17.1. The average molecular weight is 502 g/mol.